The number of piperidine rings is 1. The highest BCUT2D eigenvalue weighted by Gasteiger charge is 2.17. The lowest BCUT2D eigenvalue weighted by Gasteiger charge is -2.31. The lowest BCUT2D eigenvalue weighted by atomic mass is 10.1. The van der Waals surface area contributed by atoms with E-state index in [0.29, 0.717) is 6.54 Å². The van der Waals surface area contributed by atoms with Gasteiger partial charge in [0, 0.05) is 25.3 Å². The first-order valence-electron chi connectivity index (χ1n) is 5.61. The van der Waals surface area contributed by atoms with Crippen LogP contribution in [0.2, 0.25) is 0 Å². The van der Waals surface area contributed by atoms with Gasteiger partial charge in [-0.1, -0.05) is 0 Å². The molecule has 0 amide bonds. The maximum Gasteiger partial charge on any atom is 0.125 e. The third kappa shape index (κ3) is 2.51. The SMILES string of the molecule is NCc1cc(F)cc(N2CCC(O)CC2)c1. The summed E-state index contributed by atoms with van der Waals surface area (Å²) < 4.78 is 13.3. The Bertz CT molecular complexity index is 362. The van der Waals surface area contributed by atoms with Gasteiger partial charge in [-0.3, -0.25) is 0 Å². The number of aliphatic hydroxyl groups is 1. The van der Waals surface area contributed by atoms with Gasteiger partial charge in [-0.05, 0) is 36.6 Å². The maximum absolute atomic E-state index is 13.3. The van der Waals surface area contributed by atoms with Gasteiger partial charge in [0.05, 0.1) is 6.10 Å². The highest BCUT2D eigenvalue weighted by Crippen LogP contribution is 2.22. The monoisotopic (exact) mass is 224 g/mol. The number of nitrogens with two attached hydrogens (primary N) is 1. The van der Waals surface area contributed by atoms with E-state index in [2.05, 4.69) is 4.90 Å². The quantitative estimate of drug-likeness (QED) is 0.794. The molecule has 3 nitrogen and oxygen atoms in total. The average Bonchev–Trinajstić information content (AvgIpc) is 2.29. The molecule has 0 radical (unpaired) electrons. The van der Waals surface area contributed by atoms with Crippen LogP contribution in [0.1, 0.15) is 18.4 Å². The van der Waals surface area contributed by atoms with Gasteiger partial charge in [0.15, 0.2) is 0 Å². The van der Waals surface area contributed by atoms with E-state index in [9.17, 15) is 9.50 Å². The smallest absolute Gasteiger partial charge is 0.125 e. The van der Waals surface area contributed by atoms with Crippen LogP contribution in [0.5, 0.6) is 0 Å². The van der Waals surface area contributed by atoms with Gasteiger partial charge in [-0.15, -0.1) is 0 Å². The Hall–Kier alpha value is -1.13. The number of benzene rings is 1. The molecule has 88 valence electrons. The van der Waals surface area contributed by atoms with Crippen LogP contribution in [0.3, 0.4) is 0 Å². The van der Waals surface area contributed by atoms with Crippen LogP contribution in [0, 0.1) is 5.82 Å². The normalized spacial score (nSPS) is 17.8. The highest BCUT2D eigenvalue weighted by molar-refractivity contribution is 5.49. The van der Waals surface area contributed by atoms with E-state index in [4.69, 9.17) is 5.73 Å². The van der Waals surface area contributed by atoms with Crippen molar-refractivity contribution in [3.05, 3.63) is 29.6 Å². The molecule has 3 N–H and O–H groups in total. The van der Waals surface area contributed by atoms with Crippen LogP contribution in [-0.4, -0.2) is 24.3 Å². The van der Waals surface area contributed by atoms with E-state index in [1.54, 1.807) is 0 Å². The summed E-state index contributed by atoms with van der Waals surface area (Å²) in [7, 11) is 0. The molecule has 1 aliphatic heterocycles. The van der Waals surface area contributed by atoms with Crippen molar-refractivity contribution < 1.29 is 9.50 Å². The van der Waals surface area contributed by atoms with Gasteiger partial charge in [0.2, 0.25) is 0 Å². The first kappa shape index (κ1) is 11.4. The number of nitrogens with zero attached hydrogens (tertiary/aromatic N) is 1. The average molecular weight is 224 g/mol. The summed E-state index contributed by atoms with van der Waals surface area (Å²) in [6.07, 6.45) is 1.28. The molecule has 1 aliphatic rings. The maximum atomic E-state index is 13.3. The molecule has 0 aliphatic carbocycles. The van der Waals surface area contributed by atoms with Gasteiger partial charge in [0.1, 0.15) is 5.82 Å². The first-order valence-corrected chi connectivity index (χ1v) is 5.61. The minimum Gasteiger partial charge on any atom is -0.393 e. The molecule has 1 aromatic rings. The number of anilines is 1. The van der Waals surface area contributed by atoms with E-state index in [1.165, 1.54) is 12.1 Å². The van der Waals surface area contributed by atoms with Crippen LogP contribution in [-0.2, 0) is 6.54 Å². The van der Waals surface area contributed by atoms with Crippen molar-refractivity contribution in [2.75, 3.05) is 18.0 Å². The molecule has 1 heterocycles. The van der Waals surface area contributed by atoms with Crippen LogP contribution in [0.25, 0.3) is 0 Å². The van der Waals surface area contributed by atoms with E-state index in [-0.39, 0.29) is 11.9 Å². The summed E-state index contributed by atoms with van der Waals surface area (Å²) in [5.41, 5.74) is 7.19. The van der Waals surface area contributed by atoms with Crippen LogP contribution < -0.4 is 10.6 Å². The Balaban J connectivity index is 2.16. The second-order valence-corrected chi connectivity index (χ2v) is 4.24. The van der Waals surface area contributed by atoms with Crippen molar-refractivity contribution in [3.63, 3.8) is 0 Å². The van der Waals surface area contributed by atoms with E-state index in [0.717, 1.165) is 37.2 Å². The molecule has 16 heavy (non-hydrogen) atoms. The Morgan fingerprint density at radius 2 is 2.00 bits per heavy atom. The summed E-state index contributed by atoms with van der Waals surface area (Å²) in [5, 5.41) is 9.41. The molecular weight excluding hydrogens is 207 g/mol. The summed E-state index contributed by atoms with van der Waals surface area (Å²) in [5.74, 6) is -0.246. The fourth-order valence-corrected chi connectivity index (χ4v) is 2.06. The van der Waals surface area contributed by atoms with E-state index in [1.807, 2.05) is 6.07 Å². The molecule has 2 rings (SSSR count). The second-order valence-electron chi connectivity index (χ2n) is 4.24. The molecule has 1 fully saturated rings. The largest absolute Gasteiger partial charge is 0.393 e. The summed E-state index contributed by atoms with van der Waals surface area (Å²) in [6.45, 7) is 1.89. The lowest BCUT2D eigenvalue weighted by Crippen LogP contribution is -2.35. The van der Waals surface area contributed by atoms with Crippen molar-refractivity contribution in [2.24, 2.45) is 5.73 Å². The topological polar surface area (TPSA) is 49.5 Å². The highest BCUT2D eigenvalue weighted by atomic mass is 19.1. The first-order chi connectivity index (χ1) is 7.69. The number of hydrogen-bond acceptors (Lipinski definition) is 3. The van der Waals surface area contributed by atoms with Crippen LogP contribution in [0.15, 0.2) is 18.2 Å². The van der Waals surface area contributed by atoms with Gasteiger partial charge >= 0.3 is 0 Å². The van der Waals surface area contributed by atoms with Gasteiger partial charge < -0.3 is 15.7 Å². The van der Waals surface area contributed by atoms with Crippen LogP contribution >= 0.6 is 0 Å². The Morgan fingerprint density at radius 1 is 1.31 bits per heavy atom. The number of halogens is 1. The molecule has 0 aromatic heterocycles. The van der Waals surface area contributed by atoms with Gasteiger partial charge in [-0.2, -0.15) is 0 Å². The molecular formula is C12H17FN2O. The predicted molar refractivity (Wildman–Crippen MR) is 61.7 cm³/mol. The van der Waals surface area contributed by atoms with Crippen molar-refractivity contribution in [3.8, 4) is 0 Å². The lowest BCUT2D eigenvalue weighted by molar-refractivity contribution is 0.145. The molecule has 0 atom stereocenters. The molecule has 1 saturated heterocycles. The summed E-state index contributed by atoms with van der Waals surface area (Å²) in [4.78, 5) is 2.09. The zero-order valence-electron chi connectivity index (χ0n) is 9.19. The minimum absolute atomic E-state index is 0.209. The van der Waals surface area contributed by atoms with Crippen molar-refractivity contribution >= 4 is 5.69 Å². The zero-order chi connectivity index (χ0) is 11.5. The van der Waals surface area contributed by atoms with Gasteiger partial charge in [0.25, 0.3) is 0 Å². The zero-order valence-corrected chi connectivity index (χ0v) is 9.19. The van der Waals surface area contributed by atoms with E-state index < -0.39 is 0 Å². The predicted octanol–water partition coefficient (Wildman–Crippen LogP) is 1.25. The third-order valence-corrected chi connectivity index (χ3v) is 3.01. The molecule has 0 saturated carbocycles. The fourth-order valence-electron chi connectivity index (χ4n) is 2.06. The minimum atomic E-state index is -0.246. The van der Waals surface area contributed by atoms with Crippen molar-refractivity contribution in [2.45, 2.75) is 25.5 Å². The summed E-state index contributed by atoms with van der Waals surface area (Å²) >= 11 is 0. The molecule has 1 aromatic carbocycles. The van der Waals surface area contributed by atoms with E-state index >= 15 is 0 Å². The van der Waals surface area contributed by atoms with Crippen molar-refractivity contribution in [1.29, 1.82) is 0 Å². The van der Waals surface area contributed by atoms with Crippen molar-refractivity contribution in [1.82, 2.24) is 0 Å². The third-order valence-electron chi connectivity index (χ3n) is 3.01. The molecule has 0 spiro atoms. The fraction of sp³-hybridized carbons (Fsp3) is 0.500. The molecule has 0 bridgehead atoms. The standard InChI is InChI=1S/C12H17FN2O/c13-10-5-9(8-14)6-11(7-10)15-3-1-12(16)2-4-15/h5-7,12,16H,1-4,8,14H2. The number of rotatable bonds is 2. The van der Waals surface area contributed by atoms with Gasteiger partial charge in [-0.25, -0.2) is 4.39 Å². The Morgan fingerprint density at radius 3 is 2.62 bits per heavy atom. The second kappa shape index (κ2) is 4.80. The summed E-state index contributed by atoms with van der Waals surface area (Å²) in [6, 6.07) is 4.90. The number of hydrogen-bond donors (Lipinski definition) is 2. The van der Waals surface area contributed by atoms with Crippen LogP contribution in [0.4, 0.5) is 10.1 Å². The Kier molecular flexibility index (Phi) is 3.41. The number of aliphatic hydroxyl groups excluding tert-OH is 1. The molecule has 4 heteroatoms. The Labute approximate surface area is 94.7 Å². The molecule has 0 unspecified atom stereocenters.